The topological polar surface area (TPSA) is 17.8 Å². The summed E-state index contributed by atoms with van der Waals surface area (Å²) in [5.74, 6) is -0.0861. The van der Waals surface area contributed by atoms with Crippen LogP contribution >= 0.6 is 23.2 Å². The summed E-state index contributed by atoms with van der Waals surface area (Å²) in [5, 5.41) is 2.52. The summed E-state index contributed by atoms with van der Waals surface area (Å²) < 4.78 is 38.8. The molecule has 0 N–H and O–H groups in total. The lowest BCUT2D eigenvalue weighted by atomic mass is 10.1. The Morgan fingerprint density at radius 2 is 2.00 bits per heavy atom. The average Bonchev–Trinajstić information content (AvgIpc) is 2.42. The van der Waals surface area contributed by atoms with Crippen LogP contribution in [-0.2, 0) is 13.2 Å². The van der Waals surface area contributed by atoms with E-state index in [9.17, 15) is 13.2 Å². The molecule has 7 heteroatoms. The quantitative estimate of drug-likeness (QED) is 0.747. The fourth-order valence-electron chi connectivity index (χ4n) is 1.29. The molecular formula is C8H9Cl2F3N2. The van der Waals surface area contributed by atoms with Crippen LogP contribution in [0.1, 0.15) is 22.3 Å². The molecule has 0 saturated heterocycles. The highest BCUT2D eigenvalue weighted by Crippen LogP contribution is 2.37. The summed E-state index contributed by atoms with van der Waals surface area (Å²) in [4.78, 5) is 0. The molecule has 0 aliphatic rings. The van der Waals surface area contributed by atoms with Gasteiger partial charge in [-0.15, -0.1) is 23.2 Å². The van der Waals surface area contributed by atoms with Gasteiger partial charge in [0.15, 0.2) is 5.69 Å². The highest BCUT2D eigenvalue weighted by Gasteiger charge is 2.39. The SMILES string of the molecule is Cc1c(C(Cl)CCl)c(C(F)(F)F)nn1C. The molecule has 0 radical (unpaired) electrons. The van der Waals surface area contributed by atoms with Crippen LogP contribution in [0.2, 0.25) is 0 Å². The van der Waals surface area contributed by atoms with Crippen molar-refractivity contribution in [2.45, 2.75) is 18.5 Å². The summed E-state index contributed by atoms with van der Waals surface area (Å²) in [6.45, 7) is 1.53. The highest BCUT2D eigenvalue weighted by molar-refractivity contribution is 6.28. The minimum Gasteiger partial charge on any atom is -0.272 e. The Hall–Kier alpha value is -0.420. The van der Waals surface area contributed by atoms with Gasteiger partial charge < -0.3 is 0 Å². The van der Waals surface area contributed by atoms with Crippen molar-refractivity contribution in [3.63, 3.8) is 0 Å². The van der Waals surface area contributed by atoms with Crippen molar-refractivity contribution in [1.29, 1.82) is 0 Å². The fourth-order valence-corrected chi connectivity index (χ4v) is 1.70. The normalized spacial score (nSPS) is 14.3. The summed E-state index contributed by atoms with van der Waals surface area (Å²) >= 11 is 11.2. The molecule has 0 aliphatic carbocycles. The van der Waals surface area contributed by atoms with Crippen molar-refractivity contribution in [1.82, 2.24) is 9.78 Å². The first kappa shape index (κ1) is 12.6. The molecule has 15 heavy (non-hydrogen) atoms. The van der Waals surface area contributed by atoms with Crippen LogP contribution in [-0.4, -0.2) is 15.7 Å². The second-order valence-corrected chi connectivity index (χ2v) is 3.93. The van der Waals surface area contributed by atoms with Crippen LogP contribution in [0.25, 0.3) is 0 Å². The van der Waals surface area contributed by atoms with Crippen molar-refractivity contribution < 1.29 is 13.2 Å². The lowest BCUT2D eigenvalue weighted by Gasteiger charge is -2.09. The maximum absolute atomic E-state index is 12.6. The van der Waals surface area contributed by atoms with Gasteiger partial charge in [0.25, 0.3) is 0 Å². The van der Waals surface area contributed by atoms with Crippen molar-refractivity contribution in [2.75, 3.05) is 5.88 Å². The predicted molar refractivity (Wildman–Crippen MR) is 52.3 cm³/mol. The molecule has 86 valence electrons. The molecule has 1 rings (SSSR count). The molecule has 0 spiro atoms. The zero-order valence-electron chi connectivity index (χ0n) is 8.07. The first-order valence-electron chi connectivity index (χ1n) is 4.09. The van der Waals surface area contributed by atoms with E-state index in [0.29, 0.717) is 5.69 Å². The van der Waals surface area contributed by atoms with Crippen molar-refractivity contribution in [3.8, 4) is 0 Å². The number of hydrogen-bond donors (Lipinski definition) is 0. The summed E-state index contributed by atoms with van der Waals surface area (Å²) in [5.41, 5.74) is -0.618. The van der Waals surface area contributed by atoms with Crippen LogP contribution in [0.4, 0.5) is 13.2 Å². The second-order valence-electron chi connectivity index (χ2n) is 3.09. The van der Waals surface area contributed by atoms with E-state index in [2.05, 4.69) is 5.10 Å². The van der Waals surface area contributed by atoms with Gasteiger partial charge in [-0.1, -0.05) is 0 Å². The standard InChI is InChI=1S/C8H9Cl2F3N2/c1-4-6(5(10)3-9)7(8(11,12)13)14-15(4)2/h5H,3H2,1-2H3. The Kier molecular flexibility index (Phi) is 3.55. The average molecular weight is 261 g/mol. The minimum absolute atomic E-state index is 0.0401. The number of rotatable bonds is 2. The Bertz CT molecular complexity index is 360. The number of hydrogen-bond acceptors (Lipinski definition) is 1. The second kappa shape index (κ2) is 4.22. The van der Waals surface area contributed by atoms with E-state index in [1.807, 2.05) is 0 Å². The molecule has 1 heterocycles. The number of alkyl halides is 5. The molecule has 0 fully saturated rings. The number of nitrogens with zero attached hydrogens (tertiary/aromatic N) is 2. The van der Waals surface area contributed by atoms with Crippen LogP contribution in [0, 0.1) is 6.92 Å². The molecule has 0 amide bonds. The van der Waals surface area contributed by atoms with Gasteiger partial charge >= 0.3 is 6.18 Å². The molecule has 0 aliphatic heterocycles. The lowest BCUT2D eigenvalue weighted by molar-refractivity contribution is -0.142. The van der Waals surface area contributed by atoms with Crippen LogP contribution in [0.15, 0.2) is 0 Å². The lowest BCUT2D eigenvalue weighted by Crippen LogP contribution is -2.11. The monoisotopic (exact) mass is 260 g/mol. The van der Waals surface area contributed by atoms with Crippen LogP contribution in [0.5, 0.6) is 0 Å². The third-order valence-electron chi connectivity index (χ3n) is 2.10. The summed E-state index contributed by atoms with van der Waals surface area (Å²) in [6, 6.07) is 0. The van der Waals surface area contributed by atoms with E-state index < -0.39 is 17.2 Å². The van der Waals surface area contributed by atoms with Gasteiger partial charge in [0.05, 0.1) is 5.38 Å². The van der Waals surface area contributed by atoms with Gasteiger partial charge in [0, 0.05) is 24.2 Å². The molecule has 1 aromatic heterocycles. The molecular weight excluding hydrogens is 252 g/mol. The van der Waals surface area contributed by atoms with E-state index in [-0.39, 0.29) is 11.4 Å². The van der Waals surface area contributed by atoms with Gasteiger partial charge in [-0.05, 0) is 6.92 Å². The Morgan fingerprint density at radius 3 is 2.40 bits per heavy atom. The van der Waals surface area contributed by atoms with Crippen LogP contribution in [0.3, 0.4) is 0 Å². The Morgan fingerprint density at radius 1 is 1.47 bits per heavy atom. The smallest absolute Gasteiger partial charge is 0.272 e. The van der Waals surface area contributed by atoms with Crippen molar-refractivity contribution >= 4 is 23.2 Å². The first-order chi connectivity index (χ1) is 6.79. The highest BCUT2D eigenvalue weighted by atomic mass is 35.5. The molecule has 0 bridgehead atoms. The molecule has 0 aromatic carbocycles. The van der Waals surface area contributed by atoms with Crippen LogP contribution < -0.4 is 0 Å². The summed E-state index contributed by atoms with van der Waals surface area (Å²) in [6.07, 6.45) is -4.50. The predicted octanol–water partition coefficient (Wildman–Crippen LogP) is 3.27. The minimum atomic E-state index is -4.50. The van der Waals surface area contributed by atoms with E-state index in [1.54, 1.807) is 0 Å². The van der Waals surface area contributed by atoms with Crippen molar-refractivity contribution in [3.05, 3.63) is 17.0 Å². The molecule has 1 atom stereocenters. The van der Waals surface area contributed by atoms with E-state index in [0.717, 1.165) is 4.68 Å². The third kappa shape index (κ3) is 2.39. The molecule has 0 saturated carbocycles. The number of aryl methyl sites for hydroxylation is 1. The molecule has 1 aromatic rings. The maximum atomic E-state index is 12.6. The third-order valence-corrected chi connectivity index (χ3v) is 2.94. The van der Waals surface area contributed by atoms with Gasteiger partial charge in [-0.2, -0.15) is 18.3 Å². The van der Waals surface area contributed by atoms with Gasteiger partial charge in [-0.3, -0.25) is 4.68 Å². The van der Waals surface area contributed by atoms with E-state index in [4.69, 9.17) is 23.2 Å². The number of aromatic nitrogens is 2. The van der Waals surface area contributed by atoms with Gasteiger partial charge in [0.1, 0.15) is 0 Å². The Labute approximate surface area is 95.0 Å². The zero-order chi connectivity index (χ0) is 11.8. The largest absolute Gasteiger partial charge is 0.435 e. The zero-order valence-corrected chi connectivity index (χ0v) is 9.58. The van der Waals surface area contributed by atoms with E-state index in [1.165, 1.54) is 14.0 Å². The fraction of sp³-hybridized carbons (Fsp3) is 0.625. The maximum Gasteiger partial charge on any atom is 0.435 e. The van der Waals surface area contributed by atoms with Gasteiger partial charge in [0.2, 0.25) is 0 Å². The summed E-state index contributed by atoms with van der Waals surface area (Å²) in [7, 11) is 1.44. The number of halogens is 5. The molecule has 2 nitrogen and oxygen atoms in total. The van der Waals surface area contributed by atoms with Gasteiger partial charge in [-0.25, -0.2) is 0 Å². The molecule has 1 unspecified atom stereocenters. The first-order valence-corrected chi connectivity index (χ1v) is 5.06. The van der Waals surface area contributed by atoms with Crippen molar-refractivity contribution in [2.24, 2.45) is 7.05 Å². The van der Waals surface area contributed by atoms with E-state index >= 15 is 0 Å². The Balaban J connectivity index is 3.34.